The van der Waals surface area contributed by atoms with Crippen LogP contribution in [0, 0.1) is 0 Å². The Bertz CT molecular complexity index is 1830. The lowest BCUT2D eigenvalue weighted by atomic mass is 9.91. The number of anilines is 1. The lowest BCUT2D eigenvalue weighted by Crippen LogP contribution is -2.28. The molecule has 1 fully saturated rings. The van der Waals surface area contributed by atoms with Crippen molar-refractivity contribution in [3.63, 3.8) is 0 Å². The summed E-state index contributed by atoms with van der Waals surface area (Å²) in [7, 11) is 3.74. The molecular weight excluding hydrogens is 567 g/mol. The molecule has 0 bridgehead atoms. The van der Waals surface area contributed by atoms with Gasteiger partial charge in [0.25, 0.3) is 5.91 Å². The molecule has 0 aliphatic heterocycles. The molecule has 0 saturated heterocycles. The summed E-state index contributed by atoms with van der Waals surface area (Å²) in [6.45, 7) is 0.188. The highest BCUT2D eigenvalue weighted by Crippen LogP contribution is 2.43. The van der Waals surface area contributed by atoms with Gasteiger partial charge in [0.15, 0.2) is 5.69 Å². The number of nitrogens with two attached hydrogens (primary N) is 1. The number of benzene rings is 4. The molecule has 1 aliphatic rings. The molecule has 1 aromatic heterocycles. The van der Waals surface area contributed by atoms with Crippen molar-refractivity contribution in [1.29, 1.82) is 0 Å². The average molecular weight is 600 g/mol. The van der Waals surface area contributed by atoms with Gasteiger partial charge in [-0.3, -0.25) is 9.69 Å². The third kappa shape index (κ3) is 5.78. The van der Waals surface area contributed by atoms with E-state index in [9.17, 15) is 18.0 Å². The first kappa shape index (κ1) is 29.4. The fraction of sp³-hybridized carbons (Fsp3) is 0.235. The van der Waals surface area contributed by atoms with Gasteiger partial charge in [0.05, 0.1) is 18.8 Å². The molecule has 6 rings (SSSR count). The fourth-order valence-corrected chi connectivity index (χ4v) is 5.71. The number of alkyl halides is 3. The number of nitrogens with one attached hydrogen (secondary N) is 1. The van der Waals surface area contributed by atoms with Crippen LogP contribution in [-0.2, 0) is 12.7 Å². The zero-order valence-electron chi connectivity index (χ0n) is 24.3. The first-order valence-corrected chi connectivity index (χ1v) is 14.3. The Morgan fingerprint density at radius 2 is 1.82 bits per heavy atom. The summed E-state index contributed by atoms with van der Waals surface area (Å²) < 4.78 is 48.0. The minimum atomic E-state index is -4.73. The highest BCUT2D eigenvalue weighted by molar-refractivity contribution is 6.03. The number of rotatable bonds is 9. The number of hydrogen-bond donors (Lipinski definition) is 2. The fourth-order valence-electron chi connectivity index (χ4n) is 5.71. The molecule has 7 nitrogen and oxygen atoms in total. The zero-order valence-corrected chi connectivity index (χ0v) is 24.3. The van der Waals surface area contributed by atoms with Gasteiger partial charge in [-0.25, -0.2) is 4.68 Å². The van der Waals surface area contributed by atoms with E-state index < -0.39 is 17.8 Å². The molecule has 1 heterocycles. The van der Waals surface area contributed by atoms with Crippen LogP contribution < -0.4 is 15.8 Å². The van der Waals surface area contributed by atoms with Gasteiger partial charge in [0.2, 0.25) is 0 Å². The molecule has 3 N–H and O–H groups in total. The van der Waals surface area contributed by atoms with E-state index in [1.165, 1.54) is 0 Å². The summed E-state index contributed by atoms with van der Waals surface area (Å²) in [5.41, 5.74) is 7.69. The highest BCUT2D eigenvalue weighted by Gasteiger charge is 2.37. The molecular formula is C34H32F3N5O2. The standard InChI is InChI=1S/C34H32F3N5O2/c1-41(25-14-15-25)32(31-27-12-4-3-8-22(27)13-16-29(31)44-2)23-9-6-10-24(18-23)39-33(43)28-19-30(34(35,36)37)40-42(28)26-11-5-7-21(17-26)20-38/h3-13,16-19,25,32H,14-15,20,38H2,1-2H3,(H,39,43). The maximum Gasteiger partial charge on any atom is 0.435 e. The van der Waals surface area contributed by atoms with Crippen molar-refractivity contribution in [3.8, 4) is 11.4 Å². The number of aromatic nitrogens is 2. The molecule has 10 heteroatoms. The lowest BCUT2D eigenvalue weighted by Gasteiger charge is -2.31. The van der Waals surface area contributed by atoms with Gasteiger partial charge >= 0.3 is 6.18 Å². The first-order chi connectivity index (χ1) is 21.2. The van der Waals surface area contributed by atoms with Gasteiger partial charge in [0.1, 0.15) is 11.4 Å². The van der Waals surface area contributed by atoms with E-state index >= 15 is 0 Å². The van der Waals surface area contributed by atoms with Crippen molar-refractivity contribution in [3.05, 3.63) is 119 Å². The molecule has 0 spiro atoms. The van der Waals surface area contributed by atoms with E-state index in [0.29, 0.717) is 23.0 Å². The van der Waals surface area contributed by atoms with E-state index in [-0.39, 0.29) is 18.3 Å². The molecule has 44 heavy (non-hydrogen) atoms. The van der Waals surface area contributed by atoms with Crippen molar-refractivity contribution < 1.29 is 22.7 Å². The predicted octanol–water partition coefficient (Wildman–Crippen LogP) is 6.95. The first-order valence-electron chi connectivity index (χ1n) is 14.3. The highest BCUT2D eigenvalue weighted by atomic mass is 19.4. The van der Waals surface area contributed by atoms with Crippen LogP contribution in [-0.4, -0.2) is 40.8 Å². The molecule has 4 aromatic carbocycles. The van der Waals surface area contributed by atoms with Crippen molar-refractivity contribution >= 4 is 22.4 Å². The van der Waals surface area contributed by atoms with Gasteiger partial charge in [0, 0.05) is 29.9 Å². The smallest absolute Gasteiger partial charge is 0.435 e. The summed E-state index contributed by atoms with van der Waals surface area (Å²) in [6.07, 6.45) is -2.58. The summed E-state index contributed by atoms with van der Waals surface area (Å²) >= 11 is 0. The van der Waals surface area contributed by atoms with E-state index in [2.05, 4.69) is 34.5 Å². The number of nitrogens with zero attached hydrogens (tertiary/aromatic N) is 3. The second kappa shape index (κ2) is 11.8. The third-order valence-corrected chi connectivity index (χ3v) is 8.04. The molecule has 1 saturated carbocycles. The third-order valence-electron chi connectivity index (χ3n) is 8.04. The second-order valence-corrected chi connectivity index (χ2v) is 11.0. The monoisotopic (exact) mass is 599 g/mol. The van der Waals surface area contributed by atoms with Gasteiger partial charge in [-0.05, 0) is 72.1 Å². The van der Waals surface area contributed by atoms with Crippen LogP contribution >= 0.6 is 0 Å². The van der Waals surface area contributed by atoms with Crippen molar-refractivity contribution in [2.75, 3.05) is 19.5 Å². The zero-order chi connectivity index (χ0) is 31.0. The van der Waals surface area contributed by atoms with Crippen LogP contribution in [0.3, 0.4) is 0 Å². The molecule has 0 radical (unpaired) electrons. The Kier molecular flexibility index (Phi) is 7.87. The Hall–Kier alpha value is -4.67. The van der Waals surface area contributed by atoms with E-state index in [1.54, 1.807) is 37.4 Å². The van der Waals surface area contributed by atoms with Gasteiger partial charge in [-0.1, -0.05) is 54.6 Å². The SMILES string of the molecule is COc1ccc2ccccc2c1C(c1cccc(NC(=O)c2cc(C(F)(F)F)nn2-c2cccc(CN)c2)c1)N(C)C1CC1. The minimum absolute atomic E-state index is 0.188. The number of fused-ring (bicyclic) bond motifs is 1. The Labute approximate surface area is 253 Å². The van der Waals surface area contributed by atoms with Gasteiger partial charge in [-0.15, -0.1) is 0 Å². The van der Waals surface area contributed by atoms with E-state index in [4.69, 9.17) is 10.5 Å². The molecule has 5 aromatic rings. The lowest BCUT2D eigenvalue weighted by molar-refractivity contribution is -0.141. The van der Waals surface area contributed by atoms with E-state index in [0.717, 1.165) is 51.2 Å². The van der Waals surface area contributed by atoms with Gasteiger partial charge in [-0.2, -0.15) is 18.3 Å². The van der Waals surface area contributed by atoms with E-state index in [1.807, 2.05) is 42.5 Å². The van der Waals surface area contributed by atoms with Crippen LogP contribution in [0.5, 0.6) is 5.75 Å². The molecule has 1 amide bonds. The maximum atomic E-state index is 13.7. The molecule has 1 unspecified atom stereocenters. The molecule has 1 aliphatic carbocycles. The Balaban J connectivity index is 1.40. The summed E-state index contributed by atoms with van der Waals surface area (Å²) in [5.74, 6) is 0.0251. The normalized spacial score (nSPS) is 14.2. The van der Waals surface area contributed by atoms with Crippen LogP contribution in [0.15, 0.2) is 91.0 Å². The van der Waals surface area contributed by atoms with Crippen molar-refractivity contribution in [2.45, 2.75) is 37.6 Å². The van der Waals surface area contributed by atoms with Crippen LogP contribution in [0.25, 0.3) is 16.5 Å². The second-order valence-electron chi connectivity index (χ2n) is 11.0. The largest absolute Gasteiger partial charge is 0.496 e. The number of ether oxygens (including phenoxy) is 1. The summed E-state index contributed by atoms with van der Waals surface area (Å²) in [5, 5.41) is 8.69. The number of carbonyl (C=O) groups excluding carboxylic acids is 1. The van der Waals surface area contributed by atoms with Crippen LogP contribution in [0.4, 0.5) is 18.9 Å². The predicted molar refractivity (Wildman–Crippen MR) is 164 cm³/mol. The Morgan fingerprint density at radius 3 is 2.55 bits per heavy atom. The molecule has 1 atom stereocenters. The average Bonchev–Trinajstić information content (AvgIpc) is 3.77. The quantitative estimate of drug-likeness (QED) is 0.192. The summed E-state index contributed by atoms with van der Waals surface area (Å²) in [4.78, 5) is 15.9. The topological polar surface area (TPSA) is 85.4 Å². The van der Waals surface area contributed by atoms with Crippen LogP contribution in [0.2, 0.25) is 0 Å². The van der Waals surface area contributed by atoms with Crippen LogP contribution in [0.1, 0.15) is 51.8 Å². The Morgan fingerprint density at radius 1 is 1.05 bits per heavy atom. The number of halogens is 3. The summed E-state index contributed by atoms with van der Waals surface area (Å²) in [6, 6.07) is 27.1. The molecule has 226 valence electrons. The van der Waals surface area contributed by atoms with Gasteiger partial charge < -0.3 is 15.8 Å². The maximum absolute atomic E-state index is 13.7. The number of amides is 1. The van der Waals surface area contributed by atoms with Crippen molar-refractivity contribution in [1.82, 2.24) is 14.7 Å². The number of methoxy groups -OCH3 is 1. The minimum Gasteiger partial charge on any atom is -0.496 e. The van der Waals surface area contributed by atoms with Crippen molar-refractivity contribution in [2.24, 2.45) is 5.73 Å². The number of carbonyl (C=O) groups is 1. The number of hydrogen-bond acceptors (Lipinski definition) is 5.